The van der Waals surface area contributed by atoms with Crippen molar-refractivity contribution in [3.63, 3.8) is 0 Å². The van der Waals surface area contributed by atoms with Gasteiger partial charge in [-0.05, 0) is 31.3 Å². The van der Waals surface area contributed by atoms with Gasteiger partial charge >= 0.3 is 0 Å². The van der Waals surface area contributed by atoms with Crippen LogP contribution in [0, 0.1) is 0 Å². The van der Waals surface area contributed by atoms with Crippen LogP contribution in [0.1, 0.15) is 32.1 Å². The fraction of sp³-hybridized carbons (Fsp3) is 0.750. The van der Waals surface area contributed by atoms with Crippen LogP contribution in [0.2, 0.25) is 0 Å². The predicted molar refractivity (Wildman–Crippen MR) is 71.1 cm³/mol. The van der Waals surface area contributed by atoms with E-state index in [0.717, 1.165) is 12.5 Å². The summed E-state index contributed by atoms with van der Waals surface area (Å²) in [4.78, 5) is 4.40. The van der Waals surface area contributed by atoms with Gasteiger partial charge in [0, 0.05) is 25.0 Å². The van der Waals surface area contributed by atoms with Crippen molar-refractivity contribution in [1.82, 2.24) is 9.55 Å². The van der Waals surface area contributed by atoms with Gasteiger partial charge in [0.05, 0.1) is 0 Å². The standard InChI is InChI=1S/C12H21N3S/c1-16-10-4-8-15-9-7-13-12(15)14-11-5-2-3-6-11/h7,9,11H,2-6,8,10H2,1H3,(H,13,14). The van der Waals surface area contributed by atoms with E-state index in [0.29, 0.717) is 6.04 Å². The minimum Gasteiger partial charge on any atom is -0.353 e. The maximum Gasteiger partial charge on any atom is 0.202 e. The summed E-state index contributed by atoms with van der Waals surface area (Å²) >= 11 is 1.91. The van der Waals surface area contributed by atoms with Crippen molar-refractivity contribution in [2.45, 2.75) is 44.7 Å². The van der Waals surface area contributed by atoms with Gasteiger partial charge in [-0.25, -0.2) is 4.98 Å². The van der Waals surface area contributed by atoms with Crippen molar-refractivity contribution < 1.29 is 0 Å². The molecule has 16 heavy (non-hydrogen) atoms. The van der Waals surface area contributed by atoms with Crippen molar-refractivity contribution in [2.75, 3.05) is 17.3 Å². The third kappa shape index (κ3) is 3.17. The Balaban J connectivity index is 1.85. The summed E-state index contributed by atoms with van der Waals surface area (Å²) in [5.41, 5.74) is 0. The van der Waals surface area contributed by atoms with Crippen LogP contribution in [0.5, 0.6) is 0 Å². The number of hydrogen-bond acceptors (Lipinski definition) is 3. The first-order valence-electron chi connectivity index (χ1n) is 6.17. The van der Waals surface area contributed by atoms with Gasteiger partial charge in [-0.15, -0.1) is 0 Å². The molecule has 1 heterocycles. The lowest BCUT2D eigenvalue weighted by Gasteiger charge is -2.14. The molecule has 1 N–H and O–H groups in total. The highest BCUT2D eigenvalue weighted by Crippen LogP contribution is 2.21. The van der Waals surface area contributed by atoms with E-state index in [1.807, 2.05) is 18.0 Å². The molecule has 2 rings (SSSR count). The SMILES string of the molecule is CSCCCn1ccnc1NC1CCCC1. The molecule has 3 nitrogen and oxygen atoms in total. The zero-order chi connectivity index (χ0) is 11.2. The third-order valence-corrected chi connectivity index (χ3v) is 3.85. The summed E-state index contributed by atoms with van der Waals surface area (Å²) in [5, 5.41) is 3.56. The number of aromatic nitrogens is 2. The van der Waals surface area contributed by atoms with E-state index in [9.17, 15) is 0 Å². The highest BCUT2D eigenvalue weighted by Gasteiger charge is 2.16. The zero-order valence-corrected chi connectivity index (χ0v) is 10.8. The fourth-order valence-electron chi connectivity index (χ4n) is 2.26. The average molecular weight is 239 g/mol. The number of anilines is 1. The Morgan fingerprint density at radius 2 is 2.31 bits per heavy atom. The summed E-state index contributed by atoms with van der Waals surface area (Å²) in [6, 6.07) is 0.654. The van der Waals surface area contributed by atoms with Gasteiger partial charge in [-0.1, -0.05) is 12.8 Å². The smallest absolute Gasteiger partial charge is 0.202 e. The number of nitrogens with zero attached hydrogens (tertiary/aromatic N) is 2. The summed E-state index contributed by atoms with van der Waals surface area (Å²) in [6.07, 6.45) is 12.7. The van der Waals surface area contributed by atoms with Crippen LogP contribution in [0.4, 0.5) is 5.95 Å². The Hall–Kier alpha value is -0.640. The summed E-state index contributed by atoms with van der Waals surface area (Å²) in [7, 11) is 0. The van der Waals surface area contributed by atoms with E-state index in [2.05, 4.69) is 27.3 Å². The van der Waals surface area contributed by atoms with Crippen LogP contribution in [0.15, 0.2) is 12.4 Å². The van der Waals surface area contributed by atoms with E-state index in [1.165, 1.54) is 37.9 Å². The molecule has 0 atom stereocenters. The molecule has 90 valence electrons. The van der Waals surface area contributed by atoms with Crippen LogP contribution in [-0.2, 0) is 6.54 Å². The first kappa shape index (κ1) is 11.8. The van der Waals surface area contributed by atoms with Crippen LogP contribution in [0.25, 0.3) is 0 Å². The van der Waals surface area contributed by atoms with Crippen molar-refractivity contribution in [3.8, 4) is 0 Å². The molecule has 0 spiro atoms. The van der Waals surface area contributed by atoms with Crippen molar-refractivity contribution >= 4 is 17.7 Å². The second-order valence-corrected chi connectivity index (χ2v) is 5.40. The first-order valence-corrected chi connectivity index (χ1v) is 7.56. The van der Waals surface area contributed by atoms with Gasteiger partial charge in [0.2, 0.25) is 5.95 Å². The van der Waals surface area contributed by atoms with Gasteiger partial charge in [0.1, 0.15) is 0 Å². The van der Waals surface area contributed by atoms with Crippen molar-refractivity contribution in [1.29, 1.82) is 0 Å². The van der Waals surface area contributed by atoms with E-state index < -0.39 is 0 Å². The van der Waals surface area contributed by atoms with E-state index >= 15 is 0 Å². The maximum atomic E-state index is 4.40. The van der Waals surface area contributed by atoms with Gasteiger partial charge in [-0.3, -0.25) is 0 Å². The molecular formula is C12H21N3S. The summed E-state index contributed by atoms with van der Waals surface area (Å²) in [5.74, 6) is 2.29. The average Bonchev–Trinajstić information content (AvgIpc) is 2.92. The second kappa shape index (κ2) is 6.18. The van der Waals surface area contributed by atoms with Gasteiger partial charge in [0.25, 0.3) is 0 Å². The maximum absolute atomic E-state index is 4.40. The van der Waals surface area contributed by atoms with Crippen LogP contribution >= 0.6 is 11.8 Å². The van der Waals surface area contributed by atoms with Crippen molar-refractivity contribution in [3.05, 3.63) is 12.4 Å². The molecule has 1 saturated carbocycles. The molecule has 4 heteroatoms. The Morgan fingerprint density at radius 3 is 3.06 bits per heavy atom. The van der Waals surface area contributed by atoms with Gasteiger partial charge in [0.15, 0.2) is 0 Å². The molecule has 1 aliphatic carbocycles. The van der Waals surface area contributed by atoms with Gasteiger partial charge in [-0.2, -0.15) is 11.8 Å². The van der Waals surface area contributed by atoms with Crippen LogP contribution in [-0.4, -0.2) is 27.6 Å². The van der Waals surface area contributed by atoms with E-state index in [-0.39, 0.29) is 0 Å². The highest BCUT2D eigenvalue weighted by atomic mass is 32.2. The van der Waals surface area contributed by atoms with E-state index in [4.69, 9.17) is 0 Å². The monoisotopic (exact) mass is 239 g/mol. The number of thioether (sulfide) groups is 1. The Labute approximate surface area is 102 Å². The number of hydrogen-bond donors (Lipinski definition) is 1. The lowest BCUT2D eigenvalue weighted by Crippen LogP contribution is -2.18. The van der Waals surface area contributed by atoms with Crippen LogP contribution in [0.3, 0.4) is 0 Å². The molecule has 1 aromatic rings. The number of nitrogens with one attached hydrogen (secondary N) is 1. The molecule has 0 saturated heterocycles. The summed E-state index contributed by atoms with van der Waals surface area (Å²) < 4.78 is 2.24. The molecule has 0 unspecified atom stereocenters. The Bertz CT molecular complexity index is 305. The normalized spacial score (nSPS) is 16.8. The minimum absolute atomic E-state index is 0.654. The zero-order valence-electron chi connectivity index (χ0n) is 9.98. The largest absolute Gasteiger partial charge is 0.353 e. The lowest BCUT2D eigenvalue weighted by molar-refractivity contribution is 0.666. The Morgan fingerprint density at radius 1 is 1.50 bits per heavy atom. The lowest BCUT2D eigenvalue weighted by atomic mass is 10.2. The Kier molecular flexibility index (Phi) is 4.57. The minimum atomic E-state index is 0.654. The van der Waals surface area contributed by atoms with Crippen LogP contribution < -0.4 is 5.32 Å². The predicted octanol–water partition coefficient (Wildman–Crippen LogP) is 2.99. The molecular weight excluding hydrogens is 218 g/mol. The molecule has 0 bridgehead atoms. The van der Waals surface area contributed by atoms with Crippen molar-refractivity contribution in [2.24, 2.45) is 0 Å². The molecule has 1 fully saturated rings. The number of imidazole rings is 1. The molecule has 0 aromatic carbocycles. The fourth-order valence-corrected chi connectivity index (χ4v) is 2.68. The molecule has 0 amide bonds. The second-order valence-electron chi connectivity index (χ2n) is 4.42. The summed E-state index contributed by atoms with van der Waals surface area (Å²) in [6.45, 7) is 1.08. The van der Waals surface area contributed by atoms with Gasteiger partial charge < -0.3 is 9.88 Å². The molecule has 0 radical (unpaired) electrons. The molecule has 0 aliphatic heterocycles. The number of rotatable bonds is 6. The third-order valence-electron chi connectivity index (χ3n) is 3.15. The number of aryl methyl sites for hydroxylation is 1. The van der Waals surface area contributed by atoms with E-state index in [1.54, 1.807) is 0 Å². The molecule has 1 aliphatic rings. The highest BCUT2D eigenvalue weighted by molar-refractivity contribution is 7.98. The quantitative estimate of drug-likeness (QED) is 0.774. The topological polar surface area (TPSA) is 29.9 Å². The molecule has 1 aromatic heterocycles. The first-order chi connectivity index (χ1) is 7.90.